The van der Waals surface area contributed by atoms with Crippen LogP contribution in [-0.2, 0) is 9.31 Å². The Balaban J connectivity index is 2.35. The van der Waals surface area contributed by atoms with Crippen molar-refractivity contribution in [2.45, 2.75) is 38.9 Å². The Labute approximate surface area is 142 Å². The van der Waals surface area contributed by atoms with Crippen molar-refractivity contribution < 1.29 is 23.6 Å². The maximum absolute atomic E-state index is 14.2. The largest absolute Gasteiger partial charge is 0.491 e. The van der Waals surface area contributed by atoms with E-state index in [1.807, 2.05) is 27.7 Å². The van der Waals surface area contributed by atoms with E-state index in [1.54, 1.807) is 13.1 Å². The van der Waals surface area contributed by atoms with Crippen molar-refractivity contribution >= 4 is 19.2 Å². The number of nitrogens with one attached hydrogen (secondary N) is 1. The van der Waals surface area contributed by atoms with E-state index < -0.39 is 30.1 Å². The Morgan fingerprint density at radius 1 is 1.29 bits per heavy atom. The molecule has 1 saturated heterocycles. The fourth-order valence-electron chi connectivity index (χ4n) is 2.38. The number of carboxylic acid groups (broad SMARTS) is 1. The minimum Gasteiger partial charge on any atom is -0.478 e. The second kappa shape index (κ2) is 6.66. The molecule has 2 N–H and O–H groups in total. The fourth-order valence-corrected chi connectivity index (χ4v) is 2.38. The van der Waals surface area contributed by atoms with Gasteiger partial charge < -0.3 is 19.7 Å². The van der Waals surface area contributed by atoms with Crippen LogP contribution >= 0.6 is 0 Å². The summed E-state index contributed by atoms with van der Waals surface area (Å²) in [5.74, 6) is -1.76. The molecule has 0 radical (unpaired) electrons. The Morgan fingerprint density at radius 3 is 2.33 bits per heavy atom. The van der Waals surface area contributed by atoms with Gasteiger partial charge >= 0.3 is 13.1 Å². The molecule has 1 fully saturated rings. The highest BCUT2D eigenvalue weighted by Gasteiger charge is 2.52. The van der Waals surface area contributed by atoms with E-state index in [1.165, 1.54) is 12.1 Å². The highest BCUT2D eigenvalue weighted by molar-refractivity contribution is 6.55. The van der Waals surface area contributed by atoms with E-state index in [9.17, 15) is 9.18 Å². The van der Waals surface area contributed by atoms with Crippen LogP contribution in [-0.4, -0.2) is 43.0 Å². The molecule has 0 amide bonds. The van der Waals surface area contributed by atoms with Gasteiger partial charge in [0, 0.05) is 12.1 Å². The lowest BCUT2D eigenvalue weighted by atomic mass is 9.77. The molecule has 0 aliphatic carbocycles. The minimum atomic E-state index is -1.16. The summed E-state index contributed by atoms with van der Waals surface area (Å²) in [7, 11) is 1.18. The molecule has 0 aromatic heterocycles. The van der Waals surface area contributed by atoms with E-state index in [0.29, 0.717) is 12.1 Å². The second-order valence-electron chi connectivity index (χ2n) is 6.88. The van der Waals surface area contributed by atoms with Gasteiger partial charge in [0.25, 0.3) is 0 Å². The lowest BCUT2D eigenvalue weighted by Crippen LogP contribution is -2.41. The predicted molar refractivity (Wildman–Crippen MR) is 91.3 cm³/mol. The number of hydrogen-bond donors (Lipinski definition) is 2. The van der Waals surface area contributed by atoms with Crippen LogP contribution in [0.3, 0.4) is 0 Å². The van der Waals surface area contributed by atoms with Crippen molar-refractivity contribution in [1.82, 2.24) is 5.32 Å². The van der Waals surface area contributed by atoms with E-state index in [4.69, 9.17) is 14.4 Å². The molecule has 1 heterocycles. The molecule has 1 aliphatic heterocycles. The molecule has 0 atom stereocenters. The average molecular weight is 335 g/mol. The monoisotopic (exact) mass is 335 g/mol. The molecule has 0 spiro atoms. The Morgan fingerprint density at radius 2 is 1.88 bits per heavy atom. The van der Waals surface area contributed by atoms with Gasteiger partial charge in [-0.3, -0.25) is 0 Å². The van der Waals surface area contributed by atoms with Crippen LogP contribution in [0.2, 0.25) is 0 Å². The number of carbonyl (C=O) groups is 1. The second-order valence-corrected chi connectivity index (χ2v) is 6.88. The molecule has 0 bridgehead atoms. The summed E-state index contributed by atoms with van der Waals surface area (Å²) >= 11 is 0. The summed E-state index contributed by atoms with van der Waals surface area (Å²) in [5, 5.41) is 11.9. The topological polar surface area (TPSA) is 67.8 Å². The van der Waals surface area contributed by atoms with Gasteiger partial charge in [-0.15, -0.1) is 0 Å². The quantitative estimate of drug-likeness (QED) is 0.810. The normalized spacial score (nSPS) is 19.6. The molecule has 130 valence electrons. The van der Waals surface area contributed by atoms with Crippen molar-refractivity contribution in [1.29, 1.82) is 0 Å². The first kappa shape index (κ1) is 18.6. The van der Waals surface area contributed by atoms with Crippen LogP contribution in [0.5, 0.6) is 0 Å². The number of benzene rings is 1. The summed E-state index contributed by atoms with van der Waals surface area (Å²) in [6, 6.07) is 3.83. The van der Waals surface area contributed by atoms with E-state index in [-0.39, 0.29) is 5.56 Å². The molecule has 0 unspecified atom stereocenters. The molecular weight excluding hydrogens is 312 g/mol. The molecule has 1 aromatic carbocycles. The zero-order valence-electron chi connectivity index (χ0n) is 14.6. The summed E-state index contributed by atoms with van der Waals surface area (Å²) in [6.45, 7) is 8.26. The smallest absolute Gasteiger partial charge is 0.478 e. The first-order valence-electron chi connectivity index (χ1n) is 7.81. The number of rotatable bonds is 5. The first-order valence-corrected chi connectivity index (χ1v) is 7.81. The number of likely N-dealkylation sites (N-methyl/N-ethyl adjacent to an activating group) is 1. The predicted octanol–water partition coefficient (Wildman–Crippen LogP) is 2.76. The van der Waals surface area contributed by atoms with Crippen LogP contribution in [0.1, 0.15) is 43.6 Å². The van der Waals surface area contributed by atoms with Crippen molar-refractivity contribution in [2.75, 3.05) is 13.6 Å². The van der Waals surface area contributed by atoms with Gasteiger partial charge in [-0.2, -0.15) is 0 Å². The van der Waals surface area contributed by atoms with Crippen molar-refractivity contribution in [3.8, 4) is 0 Å². The van der Waals surface area contributed by atoms with E-state index in [0.717, 1.165) is 11.5 Å². The maximum atomic E-state index is 14.2. The third-order valence-corrected chi connectivity index (χ3v) is 4.53. The van der Waals surface area contributed by atoms with E-state index >= 15 is 0 Å². The SMILES string of the molecule is CNCC(=Cc1ccc(C(=O)O)cc1F)B1OC(C)(C)C(C)(C)O1. The van der Waals surface area contributed by atoms with Gasteiger partial charge in [0.05, 0.1) is 16.8 Å². The fraction of sp³-hybridized carbons (Fsp3) is 0.471. The van der Waals surface area contributed by atoms with E-state index in [2.05, 4.69) is 5.32 Å². The van der Waals surface area contributed by atoms with Gasteiger partial charge in [0.15, 0.2) is 0 Å². The van der Waals surface area contributed by atoms with Gasteiger partial charge in [0.1, 0.15) is 5.82 Å². The number of halogens is 1. The zero-order valence-corrected chi connectivity index (χ0v) is 14.6. The number of hydrogen-bond acceptors (Lipinski definition) is 4. The van der Waals surface area contributed by atoms with Gasteiger partial charge in [0.2, 0.25) is 0 Å². The lowest BCUT2D eigenvalue weighted by Gasteiger charge is -2.32. The Kier molecular flexibility index (Phi) is 5.18. The highest BCUT2D eigenvalue weighted by atomic mass is 19.1. The number of carboxylic acids is 1. The Hall–Kier alpha value is -1.70. The molecular formula is C17H23BFNO4. The molecule has 2 rings (SSSR count). The third kappa shape index (κ3) is 3.69. The highest BCUT2D eigenvalue weighted by Crippen LogP contribution is 2.38. The first-order chi connectivity index (χ1) is 11.1. The number of aromatic carboxylic acids is 1. The van der Waals surface area contributed by atoms with Gasteiger partial charge in [-0.25, -0.2) is 9.18 Å². The molecule has 0 saturated carbocycles. The summed E-state index contributed by atoms with van der Waals surface area (Å²) in [6.07, 6.45) is 1.64. The maximum Gasteiger partial charge on any atom is 0.491 e. The average Bonchev–Trinajstić information content (AvgIpc) is 2.68. The van der Waals surface area contributed by atoms with Gasteiger partial charge in [-0.1, -0.05) is 12.1 Å². The molecule has 5 nitrogen and oxygen atoms in total. The van der Waals surface area contributed by atoms with Crippen molar-refractivity contribution in [3.05, 3.63) is 40.6 Å². The standard InChI is InChI=1S/C17H23BFNO4/c1-16(2)17(3,4)24-18(23-16)13(10-20-5)8-11-6-7-12(15(21)22)9-14(11)19/h6-9,20H,10H2,1-5H3,(H,21,22). The lowest BCUT2D eigenvalue weighted by molar-refractivity contribution is 0.00578. The van der Waals surface area contributed by atoms with Gasteiger partial charge in [-0.05, 0) is 52.3 Å². The molecule has 1 aromatic rings. The molecule has 24 heavy (non-hydrogen) atoms. The van der Waals surface area contributed by atoms with Crippen LogP contribution in [0.25, 0.3) is 6.08 Å². The summed E-state index contributed by atoms with van der Waals surface area (Å²) < 4.78 is 26.2. The van der Waals surface area contributed by atoms with Crippen LogP contribution < -0.4 is 5.32 Å². The van der Waals surface area contributed by atoms with Crippen LogP contribution in [0.15, 0.2) is 23.7 Å². The van der Waals surface area contributed by atoms with Crippen molar-refractivity contribution in [2.24, 2.45) is 0 Å². The zero-order chi connectivity index (χ0) is 18.1. The van der Waals surface area contributed by atoms with Crippen LogP contribution in [0.4, 0.5) is 4.39 Å². The Bertz CT molecular complexity index is 657. The minimum absolute atomic E-state index is 0.0875. The summed E-state index contributed by atoms with van der Waals surface area (Å²) in [4.78, 5) is 10.9. The summed E-state index contributed by atoms with van der Waals surface area (Å²) in [5.41, 5.74) is -0.0413. The molecule has 7 heteroatoms. The van der Waals surface area contributed by atoms with Crippen molar-refractivity contribution in [3.63, 3.8) is 0 Å². The third-order valence-electron chi connectivity index (χ3n) is 4.53. The van der Waals surface area contributed by atoms with Crippen LogP contribution in [0, 0.1) is 5.82 Å². The molecule has 1 aliphatic rings.